The largest absolute Gasteiger partial charge is 0.497 e. The molecule has 4 bridgehead atoms. The molecule has 10 heteroatoms. The molecular formula is C36H50N4O6. The number of benzene rings is 1. The summed E-state index contributed by atoms with van der Waals surface area (Å²) in [6, 6.07) is 4.06. The number of amides is 2. The molecule has 3 aliphatic carbocycles. The molecule has 5 aliphatic rings. The maximum Gasteiger partial charge on any atom is 0.408 e. The highest BCUT2D eigenvalue weighted by atomic mass is 16.6. The van der Waals surface area contributed by atoms with E-state index in [1.54, 1.807) is 12.0 Å². The number of ether oxygens (including phenoxy) is 3. The molecule has 0 radical (unpaired) electrons. The van der Waals surface area contributed by atoms with E-state index in [2.05, 4.69) is 5.32 Å². The van der Waals surface area contributed by atoms with Crippen LogP contribution in [-0.2, 0) is 20.7 Å². The number of ketones is 1. The lowest BCUT2D eigenvalue weighted by atomic mass is 9.61. The predicted molar refractivity (Wildman–Crippen MR) is 174 cm³/mol. The van der Waals surface area contributed by atoms with Crippen molar-refractivity contribution in [2.75, 3.05) is 13.7 Å². The van der Waals surface area contributed by atoms with Gasteiger partial charge in [-0.3, -0.25) is 9.59 Å². The zero-order valence-corrected chi connectivity index (χ0v) is 28.2. The van der Waals surface area contributed by atoms with Gasteiger partial charge < -0.3 is 24.4 Å². The van der Waals surface area contributed by atoms with Gasteiger partial charge in [0.25, 0.3) is 0 Å². The standard InChI is InChI=1S/C36H50N4O6/c1-20-29-19-40(30(20)21(2)41)34(42)32(36(3,4)5)39-35(43)46-31-23-14-12-22(13-15-23)25(31)10-8-7-9-11-27-33(45-29)38-28-18-24(44-6)16-17-26(28)37-27/h16-18,20,22-23,25,29-32H,7-15,19H2,1-6H3,(H,39,43)/t20-,22?,23?,25-,29+,30+,31-,32-/m1/s1. The first-order valence-corrected chi connectivity index (χ1v) is 17.2. The number of hydrogen-bond donors (Lipinski definition) is 1. The minimum atomic E-state index is -0.880. The molecule has 0 spiro atoms. The van der Waals surface area contributed by atoms with Crippen LogP contribution in [0.3, 0.4) is 0 Å². The number of rotatable bonds is 2. The minimum Gasteiger partial charge on any atom is -0.497 e. The molecule has 1 saturated heterocycles. The highest BCUT2D eigenvalue weighted by molar-refractivity contribution is 5.92. The zero-order chi connectivity index (χ0) is 32.7. The van der Waals surface area contributed by atoms with Crippen LogP contribution < -0.4 is 14.8 Å². The number of nitrogens with one attached hydrogen (secondary N) is 1. The summed E-state index contributed by atoms with van der Waals surface area (Å²) in [6.45, 7) is 9.42. The van der Waals surface area contributed by atoms with Crippen LogP contribution >= 0.6 is 0 Å². The van der Waals surface area contributed by atoms with Crippen LogP contribution in [0.1, 0.15) is 91.7 Å². The molecular weight excluding hydrogens is 584 g/mol. The molecule has 2 amide bonds. The maximum absolute atomic E-state index is 14.4. The van der Waals surface area contributed by atoms with E-state index in [4.69, 9.17) is 24.2 Å². The number of alkyl carbamates (subject to hydrolysis) is 1. The average Bonchev–Trinajstić information content (AvgIpc) is 3.35. The SMILES string of the molecule is COc1ccc2nc3c(nc2c1)O[C@H]1CN(C(=O)[C@H](C(C)(C)C)NC(=O)O[C@@H]2C4CCC(CC4)[C@H]2CCCCC3)[C@H](C(C)=O)[C@@H]1C. The second-order valence-electron chi connectivity index (χ2n) is 15.1. The second kappa shape index (κ2) is 13.0. The number of aromatic nitrogens is 2. The topological polar surface area (TPSA) is 120 Å². The molecule has 250 valence electrons. The normalized spacial score (nSPS) is 32.3. The Morgan fingerprint density at radius 2 is 1.72 bits per heavy atom. The van der Waals surface area contributed by atoms with Gasteiger partial charge in [-0.05, 0) is 87.2 Å². The second-order valence-corrected chi connectivity index (χ2v) is 15.1. The van der Waals surface area contributed by atoms with Gasteiger partial charge >= 0.3 is 6.09 Å². The fourth-order valence-electron chi connectivity index (χ4n) is 8.55. The molecule has 3 saturated carbocycles. The molecule has 2 aromatic rings. The van der Waals surface area contributed by atoms with Crippen molar-refractivity contribution in [3.63, 3.8) is 0 Å². The van der Waals surface area contributed by atoms with Crippen LogP contribution in [0.4, 0.5) is 4.79 Å². The van der Waals surface area contributed by atoms with Gasteiger partial charge in [-0.25, -0.2) is 14.8 Å². The van der Waals surface area contributed by atoms with Crippen LogP contribution in [0.2, 0.25) is 0 Å². The van der Waals surface area contributed by atoms with Gasteiger partial charge in [0.1, 0.15) is 29.7 Å². The number of methoxy groups -OCH3 is 1. The molecule has 10 nitrogen and oxygen atoms in total. The van der Waals surface area contributed by atoms with Gasteiger partial charge in [-0.1, -0.05) is 40.5 Å². The van der Waals surface area contributed by atoms with Crippen molar-refractivity contribution in [1.82, 2.24) is 20.2 Å². The van der Waals surface area contributed by atoms with E-state index in [1.807, 2.05) is 45.9 Å². The van der Waals surface area contributed by atoms with Crippen molar-refractivity contribution in [3.8, 4) is 11.6 Å². The molecule has 7 rings (SSSR count). The predicted octanol–water partition coefficient (Wildman–Crippen LogP) is 5.88. The summed E-state index contributed by atoms with van der Waals surface area (Å²) in [5, 5.41) is 2.97. The van der Waals surface area contributed by atoms with Crippen LogP contribution in [0.15, 0.2) is 18.2 Å². The third kappa shape index (κ3) is 6.41. The van der Waals surface area contributed by atoms with E-state index in [-0.39, 0.29) is 30.3 Å². The quantitative estimate of drug-likeness (QED) is 0.435. The van der Waals surface area contributed by atoms with E-state index in [9.17, 15) is 14.4 Å². The zero-order valence-electron chi connectivity index (χ0n) is 28.2. The van der Waals surface area contributed by atoms with E-state index in [0.29, 0.717) is 41.3 Å². The van der Waals surface area contributed by atoms with Crippen molar-refractivity contribution < 1.29 is 28.6 Å². The smallest absolute Gasteiger partial charge is 0.408 e. The van der Waals surface area contributed by atoms with Crippen molar-refractivity contribution in [1.29, 1.82) is 0 Å². The van der Waals surface area contributed by atoms with Gasteiger partial charge in [0.2, 0.25) is 11.8 Å². The lowest BCUT2D eigenvalue weighted by Crippen LogP contribution is -2.58. The fourth-order valence-corrected chi connectivity index (χ4v) is 8.55. The van der Waals surface area contributed by atoms with Gasteiger partial charge in [-0.2, -0.15) is 0 Å². The number of hydrogen-bond acceptors (Lipinski definition) is 8. The summed E-state index contributed by atoms with van der Waals surface area (Å²) < 4.78 is 18.3. The molecule has 3 heterocycles. The number of carbonyl (C=O) groups is 3. The Kier molecular flexibility index (Phi) is 9.18. The number of carbonyl (C=O) groups excluding carboxylic acids is 3. The summed E-state index contributed by atoms with van der Waals surface area (Å²) in [7, 11) is 1.62. The van der Waals surface area contributed by atoms with Gasteiger partial charge in [0, 0.05) is 12.0 Å². The first-order valence-electron chi connectivity index (χ1n) is 17.2. The summed E-state index contributed by atoms with van der Waals surface area (Å²) in [5.41, 5.74) is 1.59. The number of aryl methyl sites for hydroxylation is 1. The van der Waals surface area contributed by atoms with E-state index in [0.717, 1.165) is 49.7 Å². The maximum atomic E-state index is 14.4. The Balaban J connectivity index is 1.37. The molecule has 1 N–H and O–H groups in total. The third-order valence-electron chi connectivity index (χ3n) is 11.0. The number of fused-ring (bicyclic) bond motifs is 6. The molecule has 1 aromatic carbocycles. The Morgan fingerprint density at radius 3 is 2.41 bits per heavy atom. The van der Waals surface area contributed by atoms with Gasteiger partial charge in [-0.15, -0.1) is 0 Å². The molecule has 0 unspecified atom stereocenters. The van der Waals surface area contributed by atoms with Crippen LogP contribution in [-0.4, -0.2) is 70.6 Å². The monoisotopic (exact) mass is 634 g/mol. The highest BCUT2D eigenvalue weighted by Gasteiger charge is 2.50. The Morgan fingerprint density at radius 1 is 0.978 bits per heavy atom. The van der Waals surface area contributed by atoms with Crippen LogP contribution in [0.25, 0.3) is 11.0 Å². The van der Waals surface area contributed by atoms with Crippen LogP contribution in [0, 0.1) is 29.1 Å². The lowest BCUT2D eigenvalue weighted by Gasteiger charge is -2.48. The van der Waals surface area contributed by atoms with E-state index >= 15 is 0 Å². The Labute approximate surface area is 272 Å². The van der Waals surface area contributed by atoms with Crippen LogP contribution in [0.5, 0.6) is 11.6 Å². The molecule has 46 heavy (non-hydrogen) atoms. The van der Waals surface area contributed by atoms with Crippen molar-refractivity contribution >= 4 is 28.8 Å². The van der Waals surface area contributed by atoms with Crippen molar-refractivity contribution in [2.24, 2.45) is 29.1 Å². The summed E-state index contributed by atoms with van der Waals surface area (Å²) >= 11 is 0. The number of nitrogens with zero attached hydrogens (tertiary/aromatic N) is 3. The average molecular weight is 635 g/mol. The van der Waals surface area contributed by atoms with E-state index < -0.39 is 29.7 Å². The third-order valence-corrected chi connectivity index (χ3v) is 11.0. The van der Waals surface area contributed by atoms with Crippen molar-refractivity contribution in [2.45, 2.75) is 117 Å². The highest BCUT2D eigenvalue weighted by Crippen LogP contribution is 2.48. The summed E-state index contributed by atoms with van der Waals surface area (Å²) in [5.74, 6) is 1.65. The molecule has 4 fully saturated rings. The fraction of sp³-hybridized carbons (Fsp3) is 0.694. The Hall–Kier alpha value is -3.43. The van der Waals surface area contributed by atoms with Gasteiger partial charge in [0.15, 0.2) is 5.78 Å². The Bertz CT molecular complexity index is 1460. The summed E-state index contributed by atoms with van der Waals surface area (Å²) in [4.78, 5) is 52.5. The molecule has 6 atom stereocenters. The molecule has 2 aliphatic heterocycles. The minimum absolute atomic E-state index is 0.122. The van der Waals surface area contributed by atoms with E-state index in [1.165, 1.54) is 19.8 Å². The first-order chi connectivity index (χ1) is 21.9. The molecule has 1 aromatic heterocycles. The lowest BCUT2D eigenvalue weighted by molar-refractivity contribution is -0.141. The first kappa shape index (κ1) is 32.5. The summed E-state index contributed by atoms with van der Waals surface area (Å²) in [6.07, 6.45) is 8.11. The van der Waals surface area contributed by atoms with Crippen molar-refractivity contribution in [3.05, 3.63) is 23.9 Å². The van der Waals surface area contributed by atoms with Gasteiger partial charge in [0.05, 0.1) is 30.7 Å². The number of Topliss-reactive ketones (excluding diaryl/α,β-unsaturated/α-hetero) is 1.